The molecule has 1 aromatic rings. The van der Waals surface area contributed by atoms with Crippen LogP contribution < -0.4 is 5.32 Å². The SMILES string of the molecule is c1cnc(NCCC2CCOC2)cn1. The van der Waals surface area contributed by atoms with Crippen molar-refractivity contribution in [2.75, 3.05) is 25.1 Å². The third-order valence-corrected chi connectivity index (χ3v) is 2.45. The second kappa shape index (κ2) is 4.91. The fraction of sp³-hybridized carbons (Fsp3) is 0.600. The molecule has 0 bridgehead atoms. The van der Waals surface area contributed by atoms with E-state index in [4.69, 9.17) is 4.74 Å². The van der Waals surface area contributed by atoms with Crippen LogP contribution in [-0.4, -0.2) is 29.7 Å². The van der Waals surface area contributed by atoms with Gasteiger partial charge in [-0.2, -0.15) is 0 Å². The third-order valence-electron chi connectivity index (χ3n) is 2.45. The third kappa shape index (κ3) is 2.67. The Labute approximate surface area is 83.7 Å². The maximum absolute atomic E-state index is 5.30. The minimum atomic E-state index is 0.721. The highest BCUT2D eigenvalue weighted by molar-refractivity contribution is 5.29. The summed E-state index contributed by atoms with van der Waals surface area (Å²) >= 11 is 0. The van der Waals surface area contributed by atoms with Gasteiger partial charge in [0.05, 0.1) is 6.20 Å². The van der Waals surface area contributed by atoms with Gasteiger partial charge >= 0.3 is 0 Å². The summed E-state index contributed by atoms with van der Waals surface area (Å²) in [5.74, 6) is 1.57. The molecular formula is C10H15N3O. The molecular weight excluding hydrogens is 178 g/mol. The van der Waals surface area contributed by atoms with Gasteiger partial charge in [-0.1, -0.05) is 0 Å². The fourth-order valence-corrected chi connectivity index (χ4v) is 1.61. The highest BCUT2D eigenvalue weighted by Crippen LogP contribution is 2.15. The van der Waals surface area contributed by atoms with Crippen molar-refractivity contribution < 1.29 is 4.74 Å². The average Bonchev–Trinajstić information content (AvgIpc) is 2.72. The van der Waals surface area contributed by atoms with Gasteiger partial charge in [0.25, 0.3) is 0 Å². The van der Waals surface area contributed by atoms with Crippen molar-refractivity contribution in [2.24, 2.45) is 5.92 Å². The van der Waals surface area contributed by atoms with Crippen LogP contribution in [0.25, 0.3) is 0 Å². The maximum atomic E-state index is 5.30. The Hall–Kier alpha value is -1.16. The molecule has 0 amide bonds. The van der Waals surface area contributed by atoms with Gasteiger partial charge < -0.3 is 10.1 Å². The van der Waals surface area contributed by atoms with Crippen molar-refractivity contribution in [2.45, 2.75) is 12.8 Å². The minimum Gasteiger partial charge on any atom is -0.381 e. The molecule has 1 atom stereocenters. The molecule has 0 spiro atoms. The molecule has 0 aromatic carbocycles. The van der Waals surface area contributed by atoms with Crippen molar-refractivity contribution in [3.8, 4) is 0 Å². The first-order valence-electron chi connectivity index (χ1n) is 5.03. The van der Waals surface area contributed by atoms with Gasteiger partial charge in [-0.15, -0.1) is 0 Å². The molecule has 1 aliphatic rings. The summed E-state index contributed by atoms with van der Waals surface area (Å²) in [6.45, 7) is 2.80. The van der Waals surface area contributed by atoms with Gasteiger partial charge in [-0.25, -0.2) is 4.98 Å². The molecule has 4 heteroatoms. The molecule has 4 nitrogen and oxygen atoms in total. The number of hydrogen-bond acceptors (Lipinski definition) is 4. The van der Waals surface area contributed by atoms with E-state index in [-0.39, 0.29) is 0 Å². The van der Waals surface area contributed by atoms with E-state index in [1.807, 2.05) is 0 Å². The molecule has 14 heavy (non-hydrogen) atoms. The van der Waals surface area contributed by atoms with Crippen LogP contribution in [0, 0.1) is 5.92 Å². The monoisotopic (exact) mass is 193 g/mol. The van der Waals surface area contributed by atoms with Crippen molar-refractivity contribution >= 4 is 5.82 Å². The molecule has 1 aliphatic heterocycles. The molecule has 1 N–H and O–H groups in total. The van der Waals surface area contributed by atoms with Crippen molar-refractivity contribution in [1.82, 2.24) is 9.97 Å². The largest absolute Gasteiger partial charge is 0.381 e. The molecule has 0 saturated carbocycles. The summed E-state index contributed by atoms with van der Waals surface area (Å²) < 4.78 is 5.30. The van der Waals surface area contributed by atoms with Gasteiger partial charge in [0.15, 0.2) is 0 Å². The zero-order valence-corrected chi connectivity index (χ0v) is 8.15. The molecule has 1 fully saturated rings. The zero-order chi connectivity index (χ0) is 9.64. The van der Waals surface area contributed by atoms with Crippen molar-refractivity contribution in [3.63, 3.8) is 0 Å². The topological polar surface area (TPSA) is 47.0 Å². The normalized spacial score (nSPS) is 21.0. The van der Waals surface area contributed by atoms with E-state index >= 15 is 0 Å². The van der Waals surface area contributed by atoms with E-state index in [9.17, 15) is 0 Å². The Kier molecular flexibility index (Phi) is 3.29. The van der Waals surface area contributed by atoms with E-state index in [1.54, 1.807) is 18.6 Å². The number of anilines is 1. The summed E-state index contributed by atoms with van der Waals surface area (Å²) in [5.41, 5.74) is 0. The number of aromatic nitrogens is 2. The fourth-order valence-electron chi connectivity index (χ4n) is 1.61. The number of nitrogens with zero attached hydrogens (tertiary/aromatic N) is 2. The molecule has 0 aliphatic carbocycles. The summed E-state index contributed by atoms with van der Waals surface area (Å²) in [6, 6.07) is 0. The first kappa shape index (κ1) is 9.40. The van der Waals surface area contributed by atoms with Gasteiger partial charge in [-0.05, 0) is 18.8 Å². The molecule has 2 heterocycles. The molecule has 1 aromatic heterocycles. The van der Waals surface area contributed by atoms with E-state index in [2.05, 4.69) is 15.3 Å². The number of nitrogens with one attached hydrogen (secondary N) is 1. The molecule has 1 unspecified atom stereocenters. The Morgan fingerprint density at radius 2 is 2.50 bits per heavy atom. The number of ether oxygens (including phenoxy) is 1. The van der Waals surface area contributed by atoms with Crippen LogP contribution in [0.3, 0.4) is 0 Å². The van der Waals surface area contributed by atoms with Gasteiger partial charge in [0, 0.05) is 32.2 Å². The van der Waals surface area contributed by atoms with Crippen molar-refractivity contribution in [1.29, 1.82) is 0 Å². The Bertz CT molecular complexity index is 259. The Morgan fingerprint density at radius 3 is 3.21 bits per heavy atom. The maximum Gasteiger partial charge on any atom is 0.144 e. The highest BCUT2D eigenvalue weighted by atomic mass is 16.5. The quantitative estimate of drug-likeness (QED) is 0.783. The number of hydrogen-bond donors (Lipinski definition) is 1. The summed E-state index contributed by atoms with van der Waals surface area (Å²) in [6.07, 6.45) is 7.46. The van der Waals surface area contributed by atoms with E-state index in [1.165, 1.54) is 6.42 Å². The lowest BCUT2D eigenvalue weighted by Gasteiger charge is -2.08. The van der Waals surface area contributed by atoms with Gasteiger partial charge in [-0.3, -0.25) is 4.98 Å². The van der Waals surface area contributed by atoms with Gasteiger partial charge in [0.2, 0.25) is 0 Å². The Balaban J connectivity index is 1.67. The average molecular weight is 193 g/mol. The van der Waals surface area contributed by atoms with Crippen LogP contribution in [0.2, 0.25) is 0 Å². The lowest BCUT2D eigenvalue weighted by molar-refractivity contribution is 0.185. The summed E-state index contributed by atoms with van der Waals surface area (Å²) in [4.78, 5) is 8.12. The molecule has 76 valence electrons. The van der Waals surface area contributed by atoms with E-state index in [0.717, 1.165) is 37.9 Å². The summed E-state index contributed by atoms with van der Waals surface area (Å²) in [7, 11) is 0. The predicted molar refractivity (Wildman–Crippen MR) is 54.1 cm³/mol. The first-order chi connectivity index (χ1) is 6.95. The smallest absolute Gasteiger partial charge is 0.144 e. The van der Waals surface area contributed by atoms with Crippen LogP contribution >= 0.6 is 0 Å². The van der Waals surface area contributed by atoms with E-state index in [0.29, 0.717) is 0 Å². The summed E-state index contributed by atoms with van der Waals surface area (Å²) in [5, 5.41) is 3.24. The standard InChI is InChI=1S/C10H15N3O/c1(9-2-6-14-8-9)3-12-10-7-11-4-5-13-10/h4-5,7,9H,1-3,6,8H2,(H,12,13). The highest BCUT2D eigenvalue weighted by Gasteiger charge is 2.14. The molecule has 2 rings (SSSR count). The minimum absolute atomic E-state index is 0.721. The first-order valence-corrected chi connectivity index (χ1v) is 5.03. The molecule has 0 radical (unpaired) electrons. The number of rotatable bonds is 4. The van der Waals surface area contributed by atoms with Crippen molar-refractivity contribution in [3.05, 3.63) is 18.6 Å². The van der Waals surface area contributed by atoms with Crippen LogP contribution in [0.5, 0.6) is 0 Å². The predicted octanol–water partition coefficient (Wildman–Crippen LogP) is 1.32. The Morgan fingerprint density at radius 1 is 1.50 bits per heavy atom. The zero-order valence-electron chi connectivity index (χ0n) is 8.15. The second-order valence-corrected chi connectivity index (χ2v) is 3.54. The van der Waals surface area contributed by atoms with E-state index < -0.39 is 0 Å². The van der Waals surface area contributed by atoms with Crippen LogP contribution in [0.1, 0.15) is 12.8 Å². The van der Waals surface area contributed by atoms with Crippen LogP contribution in [-0.2, 0) is 4.74 Å². The lowest BCUT2D eigenvalue weighted by Crippen LogP contribution is -2.09. The molecule has 1 saturated heterocycles. The van der Waals surface area contributed by atoms with Gasteiger partial charge in [0.1, 0.15) is 5.82 Å². The van der Waals surface area contributed by atoms with Crippen LogP contribution in [0.4, 0.5) is 5.82 Å². The van der Waals surface area contributed by atoms with Crippen LogP contribution in [0.15, 0.2) is 18.6 Å². The second-order valence-electron chi connectivity index (χ2n) is 3.54. The lowest BCUT2D eigenvalue weighted by atomic mass is 10.1.